The van der Waals surface area contributed by atoms with Crippen LogP contribution in [0, 0.1) is 5.82 Å². The van der Waals surface area contributed by atoms with Crippen molar-refractivity contribution in [2.45, 2.75) is 12.5 Å². The van der Waals surface area contributed by atoms with E-state index in [1.165, 1.54) is 34.7 Å². The van der Waals surface area contributed by atoms with Gasteiger partial charge in [0.25, 0.3) is 5.91 Å². The number of halogens is 1. The Morgan fingerprint density at radius 3 is 2.64 bits per heavy atom. The molecule has 2 rings (SSSR count). The Morgan fingerprint density at radius 2 is 2.08 bits per heavy atom. The van der Waals surface area contributed by atoms with Gasteiger partial charge >= 0.3 is 0 Å². The number of benzene rings is 1. The molecule has 8 heteroatoms. The topological polar surface area (TPSA) is 110 Å². The van der Waals surface area contributed by atoms with Crippen LogP contribution in [-0.4, -0.2) is 30.6 Å². The summed E-state index contributed by atoms with van der Waals surface area (Å²) in [5.74, 6) is 5.20. The van der Waals surface area contributed by atoms with Crippen molar-refractivity contribution in [1.29, 1.82) is 0 Å². The molecule has 1 unspecified atom stereocenters. The third kappa shape index (κ3) is 5.02. The zero-order valence-electron chi connectivity index (χ0n) is 13.9. The summed E-state index contributed by atoms with van der Waals surface area (Å²) in [6.45, 7) is 0.279. The van der Waals surface area contributed by atoms with Crippen molar-refractivity contribution in [3.05, 3.63) is 63.7 Å². The Kier molecular flexibility index (Phi) is 6.51. The van der Waals surface area contributed by atoms with Gasteiger partial charge in [0.1, 0.15) is 5.82 Å². The number of hydrogen-bond donors (Lipinski definition) is 4. The highest BCUT2D eigenvalue weighted by Crippen LogP contribution is 2.22. The second-order valence-corrected chi connectivity index (χ2v) is 6.51. The summed E-state index contributed by atoms with van der Waals surface area (Å²) < 4.78 is 13.0. The Bertz CT molecular complexity index is 742. The fourth-order valence-corrected chi connectivity index (χ4v) is 3.17. The molecule has 0 radical (unpaired) electrons. The van der Waals surface area contributed by atoms with E-state index in [9.17, 15) is 9.18 Å². The molecule has 0 bridgehead atoms. The van der Waals surface area contributed by atoms with Gasteiger partial charge in [-0.25, -0.2) is 10.2 Å². The molecule has 0 saturated carbocycles. The molecule has 1 atom stereocenters. The number of hydrazine groups is 1. The average Bonchev–Trinajstić information content (AvgIpc) is 3.06. The molecule has 2 aromatic rings. The Morgan fingerprint density at radius 1 is 1.40 bits per heavy atom. The van der Waals surface area contributed by atoms with Crippen molar-refractivity contribution in [2.24, 2.45) is 17.3 Å². The third-order valence-corrected chi connectivity index (χ3v) is 4.60. The Labute approximate surface area is 150 Å². The smallest absolute Gasteiger partial charge is 0.261 e. The van der Waals surface area contributed by atoms with Crippen molar-refractivity contribution in [3.63, 3.8) is 0 Å². The van der Waals surface area contributed by atoms with Gasteiger partial charge in [-0.15, -0.1) is 11.3 Å². The maximum atomic E-state index is 13.0. The average molecular weight is 363 g/mol. The van der Waals surface area contributed by atoms with Crippen LogP contribution in [0.15, 0.2) is 41.9 Å². The lowest BCUT2D eigenvalue weighted by Gasteiger charge is -2.16. The van der Waals surface area contributed by atoms with Crippen molar-refractivity contribution in [1.82, 2.24) is 10.3 Å². The minimum absolute atomic E-state index is 0.218. The molecule has 1 amide bonds. The minimum Gasteiger partial charge on any atom is -0.403 e. The molecule has 0 fully saturated rings. The van der Waals surface area contributed by atoms with Gasteiger partial charge in [0.2, 0.25) is 0 Å². The van der Waals surface area contributed by atoms with E-state index >= 15 is 0 Å². The van der Waals surface area contributed by atoms with E-state index in [1.807, 2.05) is 5.38 Å². The van der Waals surface area contributed by atoms with Crippen LogP contribution in [0.1, 0.15) is 20.8 Å². The number of carbonyl (C=O) groups is 1. The van der Waals surface area contributed by atoms with E-state index in [-0.39, 0.29) is 24.3 Å². The van der Waals surface area contributed by atoms with Crippen LogP contribution in [0.5, 0.6) is 0 Å². The Balaban J connectivity index is 2.04. The molecule has 1 aromatic carbocycles. The second kappa shape index (κ2) is 8.61. The molecule has 0 saturated heterocycles. The molecule has 134 valence electrons. The summed E-state index contributed by atoms with van der Waals surface area (Å²) >= 11 is 1.30. The SMILES string of the molecule is CN(N)/C(=C\N)c1csc(C(=O)NC(CN)Cc2ccc(F)cc2)c1. The fourth-order valence-electron chi connectivity index (χ4n) is 2.36. The van der Waals surface area contributed by atoms with Gasteiger partial charge in [-0.3, -0.25) is 4.79 Å². The predicted molar refractivity (Wildman–Crippen MR) is 98.8 cm³/mol. The molecule has 0 aliphatic carbocycles. The van der Waals surface area contributed by atoms with E-state index in [2.05, 4.69) is 5.32 Å². The van der Waals surface area contributed by atoms with Crippen molar-refractivity contribution in [3.8, 4) is 0 Å². The highest BCUT2D eigenvalue weighted by molar-refractivity contribution is 7.12. The van der Waals surface area contributed by atoms with Gasteiger partial charge in [-0.2, -0.15) is 0 Å². The summed E-state index contributed by atoms with van der Waals surface area (Å²) in [5, 5.41) is 6.11. The molecule has 0 aliphatic heterocycles. The monoisotopic (exact) mass is 363 g/mol. The number of thiophene rings is 1. The first-order valence-electron chi connectivity index (χ1n) is 7.69. The van der Waals surface area contributed by atoms with Gasteiger partial charge in [-0.05, 0) is 30.2 Å². The number of amides is 1. The summed E-state index contributed by atoms with van der Waals surface area (Å²) in [6, 6.07) is 7.63. The maximum absolute atomic E-state index is 13.0. The first kappa shape index (κ1) is 18.9. The molecule has 7 N–H and O–H groups in total. The van der Waals surface area contributed by atoms with Crippen LogP contribution in [-0.2, 0) is 6.42 Å². The lowest BCUT2D eigenvalue weighted by Crippen LogP contribution is -2.41. The van der Waals surface area contributed by atoms with Crippen LogP contribution in [0.25, 0.3) is 5.70 Å². The molecule has 6 nitrogen and oxygen atoms in total. The van der Waals surface area contributed by atoms with Crippen LogP contribution in [0.4, 0.5) is 4.39 Å². The fraction of sp³-hybridized carbons (Fsp3) is 0.235. The summed E-state index contributed by atoms with van der Waals surface area (Å²) in [6.07, 6.45) is 1.92. The number of hydrogen-bond acceptors (Lipinski definition) is 6. The number of nitrogens with two attached hydrogens (primary N) is 3. The van der Waals surface area contributed by atoms with Gasteiger partial charge in [-0.1, -0.05) is 12.1 Å². The lowest BCUT2D eigenvalue weighted by molar-refractivity contribution is 0.0942. The normalized spacial score (nSPS) is 12.7. The van der Waals surface area contributed by atoms with Gasteiger partial charge in [0.05, 0.1) is 10.6 Å². The molecule has 25 heavy (non-hydrogen) atoms. The summed E-state index contributed by atoms with van der Waals surface area (Å²) in [7, 11) is 1.67. The van der Waals surface area contributed by atoms with Crippen molar-refractivity contribution in [2.75, 3.05) is 13.6 Å². The van der Waals surface area contributed by atoms with E-state index in [4.69, 9.17) is 17.3 Å². The lowest BCUT2D eigenvalue weighted by atomic mass is 10.1. The molecular weight excluding hydrogens is 341 g/mol. The zero-order valence-corrected chi connectivity index (χ0v) is 14.7. The highest BCUT2D eigenvalue weighted by Gasteiger charge is 2.16. The van der Waals surface area contributed by atoms with E-state index in [1.54, 1.807) is 25.2 Å². The molecule has 1 heterocycles. The first-order valence-corrected chi connectivity index (χ1v) is 8.57. The van der Waals surface area contributed by atoms with Crippen molar-refractivity contribution < 1.29 is 9.18 Å². The minimum atomic E-state index is -0.295. The number of nitrogens with one attached hydrogen (secondary N) is 1. The van der Waals surface area contributed by atoms with E-state index < -0.39 is 0 Å². The second-order valence-electron chi connectivity index (χ2n) is 5.60. The predicted octanol–water partition coefficient (Wildman–Crippen LogP) is 1.25. The number of carbonyl (C=O) groups excluding carboxylic acids is 1. The highest BCUT2D eigenvalue weighted by atomic mass is 32.1. The third-order valence-electron chi connectivity index (χ3n) is 3.67. The van der Waals surface area contributed by atoms with Gasteiger partial charge in [0.15, 0.2) is 0 Å². The summed E-state index contributed by atoms with van der Waals surface area (Å²) in [5.41, 5.74) is 13.6. The standard InChI is InChI=1S/C17H22FN5OS/c1-23(21)15(9-20)12-7-16(25-10-12)17(24)22-14(8-19)6-11-2-4-13(18)5-3-11/h2-5,7,9-10,14H,6,8,19-21H2,1H3,(H,22,24)/b15-9-. The van der Waals surface area contributed by atoms with Crippen LogP contribution in [0.3, 0.4) is 0 Å². The zero-order chi connectivity index (χ0) is 18.4. The van der Waals surface area contributed by atoms with Crippen LogP contribution >= 0.6 is 11.3 Å². The molecular formula is C17H22FN5OS. The van der Waals surface area contributed by atoms with Gasteiger partial charge < -0.3 is 21.8 Å². The van der Waals surface area contributed by atoms with Crippen molar-refractivity contribution >= 4 is 22.9 Å². The van der Waals surface area contributed by atoms with E-state index in [0.29, 0.717) is 17.0 Å². The maximum Gasteiger partial charge on any atom is 0.261 e. The van der Waals surface area contributed by atoms with Crippen LogP contribution in [0.2, 0.25) is 0 Å². The van der Waals surface area contributed by atoms with E-state index in [0.717, 1.165) is 11.1 Å². The van der Waals surface area contributed by atoms with Gasteiger partial charge in [0, 0.05) is 36.8 Å². The number of rotatable bonds is 7. The number of nitrogens with zero attached hydrogens (tertiary/aromatic N) is 1. The quantitative estimate of drug-likeness (QED) is 0.437. The summed E-state index contributed by atoms with van der Waals surface area (Å²) in [4.78, 5) is 13.0. The first-order chi connectivity index (χ1) is 11.9. The molecule has 0 aliphatic rings. The Hall–Kier alpha value is -2.42. The molecule has 1 aromatic heterocycles. The molecule has 0 spiro atoms. The van der Waals surface area contributed by atoms with Crippen LogP contribution < -0.4 is 22.6 Å². The largest absolute Gasteiger partial charge is 0.403 e.